The van der Waals surface area contributed by atoms with E-state index in [2.05, 4.69) is 0 Å². The topological polar surface area (TPSA) is 83.6 Å². The lowest BCUT2D eigenvalue weighted by Gasteiger charge is -2.29. The minimum absolute atomic E-state index is 0.0812. The van der Waals surface area contributed by atoms with E-state index < -0.39 is 66.6 Å². The van der Waals surface area contributed by atoms with Gasteiger partial charge in [0.15, 0.2) is 1.41 Å². The molecule has 2 aliphatic heterocycles. The van der Waals surface area contributed by atoms with E-state index in [4.69, 9.17) is 17.1 Å². The Morgan fingerprint density at radius 3 is 2.69 bits per heavy atom. The Hall–Kier alpha value is -3.13. The second-order valence-corrected chi connectivity index (χ2v) is 7.85. The number of carbonyl (C=O) groups excluding carboxylic acids is 4. The third-order valence-electron chi connectivity index (χ3n) is 5.36. The number of rotatable bonds is 6. The van der Waals surface area contributed by atoms with Gasteiger partial charge < -0.3 is 4.90 Å². The van der Waals surface area contributed by atoms with Gasteiger partial charge in [0.2, 0.25) is 17.6 Å². The average Bonchev–Trinajstić information content (AvgIpc) is 3.16. The Balaban J connectivity index is 1.51. The minimum Gasteiger partial charge on any atom is -0.322 e. The van der Waals surface area contributed by atoms with Gasteiger partial charge in [0.1, 0.15) is 6.04 Å². The van der Waals surface area contributed by atoms with Gasteiger partial charge in [-0.05, 0) is 42.1 Å². The summed E-state index contributed by atoms with van der Waals surface area (Å²) in [5, 5.41) is 0.150. The van der Waals surface area contributed by atoms with Crippen LogP contribution in [0.25, 0.3) is 0 Å². The average molecular weight is 465 g/mol. The van der Waals surface area contributed by atoms with Gasteiger partial charge in [-0.2, -0.15) is 8.78 Å². The van der Waals surface area contributed by atoms with Crippen LogP contribution in [-0.4, -0.2) is 34.4 Å². The summed E-state index contributed by atoms with van der Waals surface area (Å²) in [5.74, 6) is -8.26. The van der Waals surface area contributed by atoms with Crippen molar-refractivity contribution in [2.24, 2.45) is 0 Å². The molecule has 166 valence electrons. The van der Waals surface area contributed by atoms with Crippen molar-refractivity contribution in [2.45, 2.75) is 44.1 Å². The number of benzene rings is 2. The number of hydrogen-bond donors (Lipinski definition) is 1. The van der Waals surface area contributed by atoms with Crippen molar-refractivity contribution >= 4 is 35.1 Å². The molecule has 2 aromatic rings. The number of hydrogen-bond acceptors (Lipinski definition) is 4. The van der Waals surface area contributed by atoms with Gasteiger partial charge in [-0.3, -0.25) is 24.5 Å². The number of ketones is 1. The molecule has 1 saturated heterocycles. The van der Waals surface area contributed by atoms with Crippen LogP contribution in [0.1, 0.15) is 50.4 Å². The van der Waals surface area contributed by atoms with Crippen molar-refractivity contribution in [1.29, 1.82) is 0 Å². The van der Waals surface area contributed by atoms with Crippen molar-refractivity contribution in [2.75, 3.05) is 0 Å². The molecule has 2 atom stereocenters. The number of nitrogens with zero attached hydrogens (tertiary/aromatic N) is 1. The summed E-state index contributed by atoms with van der Waals surface area (Å²) in [6, 6.07) is 7.27. The molecular formula is C23H19ClF2N2O4. The van der Waals surface area contributed by atoms with Gasteiger partial charge in [-0.1, -0.05) is 35.9 Å². The van der Waals surface area contributed by atoms with E-state index in [-0.39, 0.29) is 28.0 Å². The predicted molar refractivity (Wildman–Crippen MR) is 111 cm³/mol. The maximum absolute atomic E-state index is 14.6. The Morgan fingerprint density at radius 1 is 1.25 bits per heavy atom. The lowest BCUT2D eigenvalue weighted by atomic mass is 9.97. The zero-order valence-electron chi connectivity index (χ0n) is 20.5. The maximum Gasteiger partial charge on any atom is 0.330 e. The third-order valence-corrected chi connectivity index (χ3v) is 5.61. The fourth-order valence-electron chi connectivity index (χ4n) is 3.63. The summed E-state index contributed by atoms with van der Waals surface area (Å²) in [6.07, 6.45) is -5.29. The molecule has 0 spiro atoms. The lowest BCUT2D eigenvalue weighted by molar-refractivity contribution is -0.144. The van der Waals surface area contributed by atoms with E-state index in [1.807, 2.05) is 0 Å². The second kappa shape index (κ2) is 8.43. The van der Waals surface area contributed by atoms with Gasteiger partial charge in [0, 0.05) is 39.6 Å². The van der Waals surface area contributed by atoms with Crippen LogP contribution in [0.15, 0.2) is 42.5 Å². The molecular weight excluding hydrogens is 442 g/mol. The summed E-state index contributed by atoms with van der Waals surface area (Å²) in [7, 11) is 0. The molecule has 6 nitrogen and oxygen atoms in total. The number of Topliss-reactive ketones (excluding diaryl/α,β-unsaturated/α-hetero) is 1. The quantitative estimate of drug-likeness (QED) is 0.664. The summed E-state index contributed by atoms with van der Waals surface area (Å²) in [4.78, 5) is 50.6. The molecule has 2 aromatic carbocycles. The van der Waals surface area contributed by atoms with Gasteiger partial charge in [-0.15, -0.1) is 0 Å². The van der Waals surface area contributed by atoms with E-state index in [0.717, 1.165) is 17.0 Å². The van der Waals surface area contributed by atoms with E-state index in [1.54, 1.807) is 0 Å². The van der Waals surface area contributed by atoms with Gasteiger partial charge in [-0.25, -0.2) is 0 Å². The number of aryl methyl sites for hydroxylation is 1. The molecule has 1 fully saturated rings. The second-order valence-electron chi connectivity index (χ2n) is 7.41. The third kappa shape index (κ3) is 4.14. The molecule has 2 unspecified atom stereocenters. The van der Waals surface area contributed by atoms with Gasteiger partial charge >= 0.3 is 5.92 Å². The summed E-state index contributed by atoms with van der Waals surface area (Å²) >= 11 is 5.71. The summed E-state index contributed by atoms with van der Waals surface area (Å²) < 4.78 is 60.6. The highest BCUT2D eigenvalue weighted by molar-refractivity contribution is 6.30. The highest BCUT2D eigenvalue weighted by Crippen LogP contribution is 2.32. The molecule has 3 amide bonds. The summed E-state index contributed by atoms with van der Waals surface area (Å²) in [5.41, 5.74) is 0.170. The number of nitrogens with one attached hydrogen (secondary N) is 1. The highest BCUT2D eigenvalue weighted by Gasteiger charge is 2.41. The fraction of sp³-hybridized carbons (Fsp3) is 0.304. The van der Waals surface area contributed by atoms with Crippen LogP contribution in [0.4, 0.5) is 8.78 Å². The standard InChI is InChI=1S/C23H19ClF2N2O4/c24-16-5-3-15(4-6-16)23(25,26)19(29)9-2-13-1-7-17-14(11-13)12-28(22(17)32)18-8-10-20(30)27-21(18)31/h1,3-7,11,18H,2,8-10,12H2,(H,27,30,31)/i2D,10D2/hD. The zero-order chi connectivity index (χ0) is 26.6. The lowest BCUT2D eigenvalue weighted by Crippen LogP contribution is -2.52. The molecule has 1 N–H and O–H groups in total. The first-order chi connectivity index (χ1) is 16.7. The molecule has 0 aromatic heterocycles. The van der Waals surface area contributed by atoms with Crippen LogP contribution in [0.5, 0.6) is 0 Å². The number of halogens is 3. The molecule has 4 rings (SSSR count). The Bertz CT molecular complexity index is 1280. The Kier molecular flexibility index (Phi) is 4.59. The van der Waals surface area contributed by atoms with Crippen molar-refractivity contribution in [3.8, 4) is 0 Å². The van der Waals surface area contributed by atoms with Crippen molar-refractivity contribution in [3.63, 3.8) is 0 Å². The van der Waals surface area contributed by atoms with Crippen molar-refractivity contribution in [1.82, 2.24) is 10.2 Å². The predicted octanol–water partition coefficient (Wildman–Crippen LogP) is 3.39. The van der Waals surface area contributed by atoms with E-state index in [0.29, 0.717) is 5.56 Å². The molecule has 9 heteroatoms. The van der Waals surface area contributed by atoms with Gasteiger partial charge in [0.05, 0.1) is 0 Å². The Morgan fingerprint density at radius 2 is 1.97 bits per heavy atom. The van der Waals surface area contributed by atoms with E-state index in [1.165, 1.54) is 30.3 Å². The molecule has 2 aliphatic rings. The number of alkyl halides is 2. The first-order valence-electron chi connectivity index (χ1n) is 11.7. The normalized spacial score (nSPS) is 23.2. The fourth-order valence-corrected chi connectivity index (χ4v) is 3.76. The molecule has 0 bridgehead atoms. The number of amides is 3. The van der Waals surface area contributed by atoms with Crippen LogP contribution in [-0.2, 0) is 33.2 Å². The number of carbonyl (C=O) groups is 4. The number of piperidine rings is 1. The molecule has 32 heavy (non-hydrogen) atoms. The monoisotopic (exact) mass is 464 g/mol. The van der Waals surface area contributed by atoms with Crippen LogP contribution in [0.3, 0.4) is 0 Å². The van der Waals surface area contributed by atoms with Crippen LogP contribution in [0.2, 0.25) is 6.43 Å². The van der Waals surface area contributed by atoms with Crippen molar-refractivity contribution in [3.05, 3.63) is 69.7 Å². The zero-order valence-corrected chi connectivity index (χ0v) is 17.2. The molecule has 0 aliphatic carbocycles. The van der Waals surface area contributed by atoms with E-state index >= 15 is 0 Å². The smallest absolute Gasteiger partial charge is 0.322 e. The number of imide groups is 1. The molecule has 0 radical (unpaired) electrons. The highest BCUT2D eigenvalue weighted by atomic mass is 35.5. The SMILES string of the molecule is [2H]C(CC(=O)C(F)(F)c1ccc(Cl)cc1)c1ccc2c(c1)CN(C1CC([2H])([2H])C(=O)N([2H])C1=O)C2=O. The minimum atomic E-state index is -3.83. The largest absolute Gasteiger partial charge is 0.330 e. The van der Waals surface area contributed by atoms with Gasteiger partial charge in [0.25, 0.3) is 5.91 Å². The Labute approximate surface area is 193 Å². The summed E-state index contributed by atoms with van der Waals surface area (Å²) in [6.45, 7) is -0.169. The number of fused-ring (bicyclic) bond motifs is 1. The molecule has 2 heterocycles. The van der Waals surface area contributed by atoms with Crippen LogP contribution in [0, 0.1) is 0 Å². The maximum atomic E-state index is 14.6. The first-order valence-corrected chi connectivity index (χ1v) is 10.0. The van der Waals surface area contributed by atoms with E-state index in [9.17, 15) is 28.0 Å². The molecule has 0 saturated carbocycles. The van der Waals surface area contributed by atoms with Crippen LogP contribution < -0.4 is 5.31 Å². The first kappa shape index (κ1) is 17.4. The van der Waals surface area contributed by atoms with Crippen molar-refractivity contribution < 1.29 is 33.5 Å². The van der Waals surface area contributed by atoms with Crippen LogP contribution >= 0.6 is 11.6 Å².